The van der Waals surface area contributed by atoms with Gasteiger partial charge < -0.3 is 10.0 Å². The zero-order valence-electron chi connectivity index (χ0n) is 7.90. The fourth-order valence-electron chi connectivity index (χ4n) is 1.67. The number of amides is 1. The highest BCUT2D eigenvalue weighted by molar-refractivity contribution is 5.79. The highest BCUT2D eigenvalue weighted by atomic mass is 16.4. The van der Waals surface area contributed by atoms with Crippen LogP contribution in [0, 0.1) is 18.3 Å². The summed E-state index contributed by atoms with van der Waals surface area (Å²) in [5.41, 5.74) is 0. The molecule has 0 saturated carbocycles. The second kappa shape index (κ2) is 4.66. The highest BCUT2D eigenvalue weighted by Crippen LogP contribution is 2.19. The van der Waals surface area contributed by atoms with Gasteiger partial charge in [0.25, 0.3) is 0 Å². The van der Waals surface area contributed by atoms with Gasteiger partial charge in [0.15, 0.2) is 0 Å². The second-order valence-electron chi connectivity index (χ2n) is 3.47. The molecule has 76 valence electrons. The van der Waals surface area contributed by atoms with Crippen LogP contribution in [-0.2, 0) is 9.59 Å². The van der Waals surface area contributed by atoms with Crippen molar-refractivity contribution >= 4 is 11.9 Å². The van der Waals surface area contributed by atoms with Gasteiger partial charge in [-0.3, -0.25) is 9.59 Å². The van der Waals surface area contributed by atoms with Crippen molar-refractivity contribution in [3.05, 3.63) is 0 Å². The number of carbonyl (C=O) groups excluding carboxylic acids is 1. The van der Waals surface area contributed by atoms with Crippen LogP contribution in [0.3, 0.4) is 0 Å². The van der Waals surface area contributed by atoms with Gasteiger partial charge in [-0.1, -0.05) is 5.92 Å². The van der Waals surface area contributed by atoms with E-state index in [1.54, 1.807) is 4.90 Å². The van der Waals surface area contributed by atoms with Crippen molar-refractivity contribution in [2.45, 2.75) is 19.3 Å². The lowest BCUT2D eigenvalue weighted by Crippen LogP contribution is -2.28. The zero-order valence-corrected chi connectivity index (χ0v) is 7.90. The standard InChI is InChI=1S/C10H13NO3/c1-2-3-9(12)11-5-4-8(7-11)6-10(13)14/h1,8H,3-7H2,(H,13,14). The summed E-state index contributed by atoms with van der Waals surface area (Å²) in [5, 5.41) is 8.57. The Kier molecular flexibility index (Phi) is 3.52. The summed E-state index contributed by atoms with van der Waals surface area (Å²) in [6, 6.07) is 0. The average molecular weight is 195 g/mol. The Morgan fingerprint density at radius 2 is 2.29 bits per heavy atom. The van der Waals surface area contributed by atoms with Gasteiger partial charge >= 0.3 is 5.97 Å². The third kappa shape index (κ3) is 2.77. The van der Waals surface area contributed by atoms with Crippen LogP contribution in [0.25, 0.3) is 0 Å². The molecule has 0 radical (unpaired) electrons. The maximum absolute atomic E-state index is 11.3. The first-order valence-electron chi connectivity index (χ1n) is 4.56. The Hall–Kier alpha value is -1.50. The molecule has 4 nitrogen and oxygen atoms in total. The van der Waals surface area contributed by atoms with Crippen molar-refractivity contribution in [2.75, 3.05) is 13.1 Å². The molecule has 1 aliphatic rings. The van der Waals surface area contributed by atoms with Crippen LogP contribution in [0.15, 0.2) is 0 Å². The smallest absolute Gasteiger partial charge is 0.303 e. The van der Waals surface area contributed by atoms with E-state index in [1.807, 2.05) is 0 Å². The number of carboxylic acids is 1. The molecule has 0 aromatic rings. The van der Waals surface area contributed by atoms with E-state index in [2.05, 4.69) is 5.92 Å². The number of nitrogens with zero attached hydrogens (tertiary/aromatic N) is 1. The summed E-state index contributed by atoms with van der Waals surface area (Å²) in [5.74, 6) is 1.51. The van der Waals surface area contributed by atoms with Crippen LogP contribution < -0.4 is 0 Å². The topological polar surface area (TPSA) is 57.6 Å². The van der Waals surface area contributed by atoms with E-state index in [-0.39, 0.29) is 24.7 Å². The highest BCUT2D eigenvalue weighted by Gasteiger charge is 2.26. The van der Waals surface area contributed by atoms with Crippen LogP contribution in [-0.4, -0.2) is 35.0 Å². The van der Waals surface area contributed by atoms with Crippen molar-refractivity contribution in [3.8, 4) is 12.3 Å². The molecular formula is C10H13NO3. The van der Waals surface area contributed by atoms with Crippen molar-refractivity contribution in [2.24, 2.45) is 5.92 Å². The van der Waals surface area contributed by atoms with Gasteiger partial charge in [0.05, 0.1) is 6.42 Å². The first kappa shape index (κ1) is 10.6. The number of carbonyl (C=O) groups is 2. The molecule has 14 heavy (non-hydrogen) atoms. The molecule has 0 aromatic carbocycles. The summed E-state index contributed by atoms with van der Waals surface area (Å²) < 4.78 is 0. The van der Waals surface area contributed by atoms with Crippen LogP contribution >= 0.6 is 0 Å². The Morgan fingerprint density at radius 3 is 2.86 bits per heavy atom. The molecular weight excluding hydrogens is 182 g/mol. The normalized spacial score (nSPS) is 20.5. The van der Waals surface area contributed by atoms with Crippen LogP contribution in [0.2, 0.25) is 0 Å². The largest absolute Gasteiger partial charge is 0.481 e. The predicted molar refractivity (Wildman–Crippen MR) is 50.4 cm³/mol. The van der Waals surface area contributed by atoms with E-state index in [1.165, 1.54) is 0 Å². The number of aliphatic carboxylic acids is 1. The summed E-state index contributed by atoms with van der Waals surface area (Å²) in [6.07, 6.45) is 6.04. The number of rotatable bonds is 3. The van der Waals surface area contributed by atoms with E-state index in [0.717, 1.165) is 6.42 Å². The number of terminal acetylenes is 1. The van der Waals surface area contributed by atoms with Gasteiger partial charge in [0, 0.05) is 19.5 Å². The molecule has 1 unspecified atom stereocenters. The number of carboxylic acid groups (broad SMARTS) is 1. The Balaban J connectivity index is 2.38. The molecule has 0 spiro atoms. The summed E-state index contributed by atoms with van der Waals surface area (Å²) in [7, 11) is 0. The predicted octanol–water partition coefficient (Wildman–Crippen LogP) is 0.333. The summed E-state index contributed by atoms with van der Waals surface area (Å²) in [4.78, 5) is 23.4. The van der Waals surface area contributed by atoms with Crippen LogP contribution in [0.1, 0.15) is 19.3 Å². The molecule has 1 amide bonds. The monoisotopic (exact) mass is 195 g/mol. The van der Waals surface area contributed by atoms with Crippen LogP contribution in [0.4, 0.5) is 0 Å². The molecule has 0 aliphatic carbocycles. The van der Waals surface area contributed by atoms with E-state index in [9.17, 15) is 9.59 Å². The minimum absolute atomic E-state index is 0.0691. The molecule has 1 rings (SSSR count). The number of hydrogen-bond donors (Lipinski definition) is 1. The maximum Gasteiger partial charge on any atom is 0.303 e. The maximum atomic E-state index is 11.3. The zero-order chi connectivity index (χ0) is 10.6. The lowest BCUT2D eigenvalue weighted by molar-refractivity contribution is -0.138. The minimum atomic E-state index is -0.804. The SMILES string of the molecule is C#CCC(=O)N1CCC(CC(=O)O)C1. The quantitative estimate of drug-likeness (QED) is 0.660. The second-order valence-corrected chi connectivity index (χ2v) is 3.47. The fraction of sp³-hybridized carbons (Fsp3) is 0.600. The first-order chi connectivity index (χ1) is 6.63. The minimum Gasteiger partial charge on any atom is -0.481 e. The van der Waals surface area contributed by atoms with Crippen molar-refractivity contribution in [1.29, 1.82) is 0 Å². The third-order valence-corrected chi connectivity index (χ3v) is 2.36. The molecule has 1 fully saturated rings. The van der Waals surface area contributed by atoms with Gasteiger partial charge in [0.2, 0.25) is 5.91 Å². The van der Waals surface area contributed by atoms with Crippen LogP contribution in [0.5, 0.6) is 0 Å². The molecule has 0 bridgehead atoms. The van der Waals surface area contributed by atoms with Gasteiger partial charge in [-0.15, -0.1) is 6.42 Å². The molecule has 1 saturated heterocycles. The van der Waals surface area contributed by atoms with Crippen molar-refractivity contribution < 1.29 is 14.7 Å². The lowest BCUT2D eigenvalue weighted by atomic mass is 10.1. The lowest BCUT2D eigenvalue weighted by Gasteiger charge is -2.14. The van der Waals surface area contributed by atoms with Gasteiger partial charge in [-0.05, 0) is 12.3 Å². The average Bonchev–Trinajstić information content (AvgIpc) is 2.52. The number of likely N-dealkylation sites (tertiary alicyclic amines) is 1. The summed E-state index contributed by atoms with van der Waals surface area (Å²) >= 11 is 0. The molecule has 4 heteroatoms. The van der Waals surface area contributed by atoms with Crippen molar-refractivity contribution in [1.82, 2.24) is 4.90 Å². The Morgan fingerprint density at radius 1 is 1.57 bits per heavy atom. The van der Waals surface area contributed by atoms with Crippen molar-refractivity contribution in [3.63, 3.8) is 0 Å². The van der Waals surface area contributed by atoms with Gasteiger partial charge in [0.1, 0.15) is 0 Å². The van der Waals surface area contributed by atoms with E-state index < -0.39 is 5.97 Å². The fourth-order valence-corrected chi connectivity index (χ4v) is 1.67. The number of hydrogen-bond acceptors (Lipinski definition) is 2. The molecule has 1 atom stereocenters. The summed E-state index contributed by atoms with van der Waals surface area (Å²) in [6.45, 7) is 1.17. The Labute approximate surface area is 82.9 Å². The van der Waals surface area contributed by atoms with E-state index >= 15 is 0 Å². The van der Waals surface area contributed by atoms with E-state index in [4.69, 9.17) is 11.5 Å². The molecule has 1 aliphatic heterocycles. The Bertz CT molecular complexity index is 280. The molecule has 0 aromatic heterocycles. The molecule has 1 heterocycles. The van der Waals surface area contributed by atoms with Gasteiger partial charge in [-0.2, -0.15) is 0 Å². The van der Waals surface area contributed by atoms with Gasteiger partial charge in [-0.25, -0.2) is 0 Å². The first-order valence-corrected chi connectivity index (χ1v) is 4.56. The van der Waals surface area contributed by atoms with E-state index in [0.29, 0.717) is 13.1 Å². The third-order valence-electron chi connectivity index (χ3n) is 2.36. The molecule has 1 N–H and O–H groups in total.